The quantitative estimate of drug-likeness (QED) is 0.720. The number of nitrogens with one attached hydrogen (secondary N) is 2. The van der Waals surface area contributed by atoms with Gasteiger partial charge in [0, 0.05) is 35.5 Å². The third-order valence-electron chi connectivity index (χ3n) is 3.67. The van der Waals surface area contributed by atoms with E-state index >= 15 is 0 Å². The van der Waals surface area contributed by atoms with E-state index in [0.717, 1.165) is 28.0 Å². The van der Waals surface area contributed by atoms with E-state index in [-0.39, 0.29) is 11.9 Å². The Balaban J connectivity index is 1.89. The molecule has 0 saturated carbocycles. The van der Waals surface area contributed by atoms with E-state index in [9.17, 15) is 4.79 Å². The van der Waals surface area contributed by atoms with Crippen LogP contribution >= 0.6 is 15.9 Å². The molecule has 1 atom stereocenters. The molecule has 2 aromatic rings. The minimum Gasteiger partial charge on any atom is -0.440 e. The first-order valence-corrected chi connectivity index (χ1v) is 9.01. The topological polar surface area (TPSA) is 67.2 Å². The number of rotatable bonds is 8. The van der Waals surface area contributed by atoms with Gasteiger partial charge in [0.2, 0.25) is 5.91 Å². The van der Waals surface area contributed by atoms with E-state index in [1.54, 1.807) is 0 Å². The second-order valence-electron chi connectivity index (χ2n) is 5.79. The molecule has 0 aliphatic heterocycles. The maximum Gasteiger partial charge on any atom is 0.220 e. The van der Waals surface area contributed by atoms with Crippen LogP contribution in [0.15, 0.2) is 33.2 Å². The average molecular weight is 394 g/mol. The van der Waals surface area contributed by atoms with Crippen LogP contribution in [0.4, 0.5) is 0 Å². The molecule has 6 heteroatoms. The summed E-state index contributed by atoms with van der Waals surface area (Å²) in [6.07, 6.45) is 0.872. The van der Waals surface area contributed by atoms with Crippen LogP contribution in [0.1, 0.15) is 31.9 Å². The number of oxazole rings is 1. The summed E-state index contributed by atoms with van der Waals surface area (Å²) in [5, 5.41) is 6.18. The van der Waals surface area contributed by atoms with Crippen molar-refractivity contribution in [2.24, 2.45) is 0 Å². The molecule has 0 spiro atoms. The summed E-state index contributed by atoms with van der Waals surface area (Å²) in [4.78, 5) is 16.3. The molecule has 0 saturated heterocycles. The lowest BCUT2D eigenvalue weighted by Crippen LogP contribution is -2.38. The van der Waals surface area contributed by atoms with Crippen LogP contribution in [0.2, 0.25) is 0 Å². The second kappa shape index (κ2) is 8.99. The smallest absolute Gasteiger partial charge is 0.220 e. The van der Waals surface area contributed by atoms with Gasteiger partial charge in [-0.3, -0.25) is 4.79 Å². The minimum atomic E-state index is 0.0146. The molecule has 2 N–H and O–H groups in total. The standard InChI is InChI=1S/C18H24BrN3O2/c1-4-20-12(2)11-21-16(23)9-10-17-22-13(3)18(24-17)14-5-7-15(19)8-6-14/h5-8,12,20H,4,9-11H2,1-3H3,(H,21,23)/t12-/m1/s1. The van der Waals surface area contributed by atoms with Crippen LogP contribution < -0.4 is 10.6 Å². The van der Waals surface area contributed by atoms with E-state index in [1.165, 1.54) is 0 Å². The minimum absolute atomic E-state index is 0.0146. The number of hydrogen-bond acceptors (Lipinski definition) is 4. The number of nitrogens with zero attached hydrogens (tertiary/aromatic N) is 1. The summed E-state index contributed by atoms with van der Waals surface area (Å²) >= 11 is 3.42. The van der Waals surface area contributed by atoms with E-state index in [0.29, 0.717) is 25.3 Å². The second-order valence-corrected chi connectivity index (χ2v) is 6.71. The molecule has 1 amide bonds. The average Bonchev–Trinajstić information content (AvgIpc) is 2.93. The van der Waals surface area contributed by atoms with Gasteiger partial charge in [0.15, 0.2) is 11.7 Å². The summed E-state index contributed by atoms with van der Waals surface area (Å²) < 4.78 is 6.86. The van der Waals surface area contributed by atoms with E-state index in [2.05, 4.69) is 31.5 Å². The van der Waals surface area contributed by atoms with Crippen molar-refractivity contribution in [2.75, 3.05) is 13.1 Å². The Morgan fingerprint density at radius 3 is 2.71 bits per heavy atom. The number of benzene rings is 1. The number of hydrogen-bond donors (Lipinski definition) is 2. The highest BCUT2D eigenvalue weighted by Crippen LogP contribution is 2.26. The molecule has 1 aromatic carbocycles. The van der Waals surface area contributed by atoms with Crippen LogP contribution in [-0.2, 0) is 11.2 Å². The first-order chi connectivity index (χ1) is 11.5. The molecule has 0 radical (unpaired) electrons. The molecule has 1 aromatic heterocycles. The molecular weight excluding hydrogens is 370 g/mol. The number of carbonyl (C=O) groups is 1. The zero-order valence-electron chi connectivity index (χ0n) is 14.4. The van der Waals surface area contributed by atoms with Gasteiger partial charge >= 0.3 is 0 Å². The van der Waals surface area contributed by atoms with Gasteiger partial charge in [-0.05, 0) is 32.5 Å². The summed E-state index contributed by atoms with van der Waals surface area (Å²) in [5.41, 5.74) is 1.83. The van der Waals surface area contributed by atoms with Crippen LogP contribution in [0.25, 0.3) is 11.3 Å². The van der Waals surface area contributed by atoms with Gasteiger partial charge in [-0.1, -0.05) is 35.0 Å². The molecule has 0 aliphatic rings. The van der Waals surface area contributed by atoms with Gasteiger partial charge in [0.05, 0.1) is 5.69 Å². The lowest BCUT2D eigenvalue weighted by Gasteiger charge is -2.12. The van der Waals surface area contributed by atoms with Crippen molar-refractivity contribution in [3.05, 3.63) is 40.3 Å². The maximum absolute atomic E-state index is 11.9. The fraction of sp³-hybridized carbons (Fsp3) is 0.444. The van der Waals surface area contributed by atoms with E-state index in [1.807, 2.05) is 45.0 Å². The van der Waals surface area contributed by atoms with Gasteiger partial charge in [0.1, 0.15) is 0 Å². The van der Waals surface area contributed by atoms with Crippen molar-refractivity contribution >= 4 is 21.8 Å². The SMILES string of the molecule is CCN[C@H](C)CNC(=O)CCc1nc(C)c(-c2ccc(Br)cc2)o1. The van der Waals surface area contributed by atoms with Crippen LogP contribution in [0.5, 0.6) is 0 Å². The predicted octanol–water partition coefficient (Wildman–Crippen LogP) is 3.46. The number of aryl methyl sites for hydroxylation is 2. The van der Waals surface area contributed by atoms with Crippen molar-refractivity contribution in [1.82, 2.24) is 15.6 Å². The zero-order chi connectivity index (χ0) is 17.5. The molecule has 0 unspecified atom stereocenters. The Hall–Kier alpha value is -1.66. The van der Waals surface area contributed by atoms with Crippen molar-refractivity contribution in [3.8, 4) is 11.3 Å². The van der Waals surface area contributed by atoms with Crippen LogP contribution in [0, 0.1) is 6.92 Å². The van der Waals surface area contributed by atoms with Crippen molar-refractivity contribution in [1.29, 1.82) is 0 Å². The van der Waals surface area contributed by atoms with Gasteiger partial charge < -0.3 is 15.1 Å². The zero-order valence-corrected chi connectivity index (χ0v) is 15.9. The van der Waals surface area contributed by atoms with Crippen molar-refractivity contribution < 1.29 is 9.21 Å². The molecule has 130 valence electrons. The van der Waals surface area contributed by atoms with Crippen LogP contribution in [0.3, 0.4) is 0 Å². The summed E-state index contributed by atoms with van der Waals surface area (Å²) in [5.74, 6) is 1.37. The van der Waals surface area contributed by atoms with Crippen molar-refractivity contribution in [2.45, 2.75) is 39.7 Å². The molecule has 0 aliphatic carbocycles. The molecule has 2 rings (SSSR count). The molecule has 0 bridgehead atoms. The first-order valence-electron chi connectivity index (χ1n) is 8.22. The number of amides is 1. The number of carbonyl (C=O) groups excluding carboxylic acids is 1. The Morgan fingerprint density at radius 2 is 2.04 bits per heavy atom. The first kappa shape index (κ1) is 18.7. The summed E-state index contributed by atoms with van der Waals surface area (Å²) in [6, 6.07) is 8.17. The Kier molecular flexibility index (Phi) is 6.99. The maximum atomic E-state index is 11.9. The normalized spacial score (nSPS) is 12.2. The molecular formula is C18H24BrN3O2. The number of aromatic nitrogens is 1. The lowest BCUT2D eigenvalue weighted by atomic mass is 10.1. The third-order valence-corrected chi connectivity index (χ3v) is 4.20. The predicted molar refractivity (Wildman–Crippen MR) is 98.8 cm³/mol. The van der Waals surface area contributed by atoms with Gasteiger partial charge in [-0.25, -0.2) is 4.98 Å². The molecule has 1 heterocycles. The summed E-state index contributed by atoms with van der Waals surface area (Å²) in [6.45, 7) is 7.54. The molecule has 0 fully saturated rings. The van der Waals surface area contributed by atoms with E-state index < -0.39 is 0 Å². The monoisotopic (exact) mass is 393 g/mol. The highest BCUT2D eigenvalue weighted by atomic mass is 79.9. The van der Waals surface area contributed by atoms with Crippen molar-refractivity contribution in [3.63, 3.8) is 0 Å². The van der Waals surface area contributed by atoms with Crippen LogP contribution in [-0.4, -0.2) is 30.0 Å². The fourth-order valence-corrected chi connectivity index (χ4v) is 2.69. The Labute approximate surface area is 151 Å². The van der Waals surface area contributed by atoms with Gasteiger partial charge in [-0.2, -0.15) is 0 Å². The Morgan fingerprint density at radius 1 is 1.33 bits per heavy atom. The number of likely N-dealkylation sites (N-methyl/N-ethyl adjacent to an activating group) is 1. The third kappa shape index (κ3) is 5.46. The fourth-order valence-electron chi connectivity index (χ4n) is 2.42. The van der Waals surface area contributed by atoms with E-state index in [4.69, 9.17) is 4.42 Å². The lowest BCUT2D eigenvalue weighted by molar-refractivity contribution is -0.121. The highest BCUT2D eigenvalue weighted by Gasteiger charge is 2.13. The van der Waals surface area contributed by atoms with Gasteiger partial charge in [-0.15, -0.1) is 0 Å². The molecule has 5 nitrogen and oxygen atoms in total. The Bertz CT molecular complexity index is 667. The van der Waals surface area contributed by atoms with Gasteiger partial charge in [0.25, 0.3) is 0 Å². The molecule has 24 heavy (non-hydrogen) atoms. The summed E-state index contributed by atoms with van der Waals surface area (Å²) in [7, 11) is 0. The number of halogens is 1. The largest absolute Gasteiger partial charge is 0.440 e. The highest BCUT2D eigenvalue weighted by molar-refractivity contribution is 9.10.